The third-order valence-corrected chi connectivity index (χ3v) is 5.27. The Hall–Kier alpha value is -3.59. The maximum atomic E-state index is 12.7. The molecule has 1 aromatic heterocycles. The van der Waals surface area contributed by atoms with Gasteiger partial charge in [-0.3, -0.25) is 19.8 Å². The summed E-state index contributed by atoms with van der Waals surface area (Å²) in [6, 6.07) is 14.7. The van der Waals surface area contributed by atoms with E-state index < -0.39 is 4.92 Å². The molecule has 1 aliphatic rings. The SMILES string of the molecule is O=C(NC1CCN(Cc2ccccc2)CC1)c1ccc(-n2cncn2)c([N+](=O)[O-])c1. The zero-order valence-corrected chi connectivity index (χ0v) is 16.3. The van der Waals surface area contributed by atoms with Gasteiger partial charge < -0.3 is 5.32 Å². The molecule has 3 aromatic rings. The molecule has 0 saturated carbocycles. The Morgan fingerprint density at radius 3 is 2.60 bits per heavy atom. The maximum Gasteiger partial charge on any atom is 0.295 e. The second-order valence-corrected chi connectivity index (χ2v) is 7.31. The minimum absolute atomic E-state index is 0.0542. The van der Waals surface area contributed by atoms with E-state index in [0.29, 0.717) is 0 Å². The van der Waals surface area contributed by atoms with E-state index >= 15 is 0 Å². The quantitative estimate of drug-likeness (QED) is 0.498. The van der Waals surface area contributed by atoms with Crippen molar-refractivity contribution in [2.75, 3.05) is 13.1 Å². The van der Waals surface area contributed by atoms with Crippen LogP contribution in [0.4, 0.5) is 5.69 Å². The predicted molar refractivity (Wildman–Crippen MR) is 110 cm³/mol. The molecular formula is C21H22N6O3. The molecule has 0 bridgehead atoms. The number of nitro groups is 1. The molecule has 0 radical (unpaired) electrons. The van der Waals surface area contributed by atoms with E-state index in [1.165, 1.54) is 35.0 Å². The summed E-state index contributed by atoms with van der Waals surface area (Å²) >= 11 is 0. The summed E-state index contributed by atoms with van der Waals surface area (Å²) in [7, 11) is 0. The minimum Gasteiger partial charge on any atom is -0.349 e. The molecule has 4 rings (SSSR count). The van der Waals surface area contributed by atoms with Gasteiger partial charge in [0.25, 0.3) is 11.6 Å². The summed E-state index contributed by atoms with van der Waals surface area (Å²) in [6.07, 6.45) is 4.37. The smallest absolute Gasteiger partial charge is 0.295 e. The summed E-state index contributed by atoms with van der Waals surface area (Å²) < 4.78 is 1.31. The highest BCUT2D eigenvalue weighted by molar-refractivity contribution is 5.95. The summed E-state index contributed by atoms with van der Waals surface area (Å²) in [4.78, 5) is 29.8. The number of amides is 1. The molecule has 9 nitrogen and oxygen atoms in total. The van der Waals surface area contributed by atoms with Crippen LogP contribution in [0.1, 0.15) is 28.8 Å². The van der Waals surface area contributed by atoms with Crippen molar-refractivity contribution >= 4 is 11.6 Å². The highest BCUT2D eigenvalue weighted by Gasteiger charge is 2.23. The molecule has 154 valence electrons. The molecule has 0 atom stereocenters. The Bertz CT molecular complexity index is 1010. The van der Waals surface area contributed by atoms with Gasteiger partial charge in [-0.25, -0.2) is 9.67 Å². The number of piperidine rings is 1. The Morgan fingerprint density at radius 2 is 1.93 bits per heavy atom. The van der Waals surface area contributed by atoms with E-state index in [-0.39, 0.29) is 28.9 Å². The van der Waals surface area contributed by atoms with Crippen molar-refractivity contribution in [1.82, 2.24) is 25.0 Å². The van der Waals surface area contributed by atoms with Crippen LogP contribution in [-0.4, -0.2) is 49.6 Å². The van der Waals surface area contributed by atoms with Crippen LogP contribution >= 0.6 is 0 Å². The second-order valence-electron chi connectivity index (χ2n) is 7.31. The third-order valence-electron chi connectivity index (χ3n) is 5.27. The van der Waals surface area contributed by atoms with Crippen LogP contribution in [0.3, 0.4) is 0 Å². The summed E-state index contributed by atoms with van der Waals surface area (Å²) in [5.41, 5.74) is 1.62. The summed E-state index contributed by atoms with van der Waals surface area (Å²) in [6.45, 7) is 2.69. The lowest BCUT2D eigenvalue weighted by atomic mass is 10.0. The molecule has 30 heavy (non-hydrogen) atoms. The average Bonchev–Trinajstić information content (AvgIpc) is 3.30. The van der Waals surface area contributed by atoms with E-state index in [1.807, 2.05) is 18.2 Å². The van der Waals surface area contributed by atoms with Gasteiger partial charge in [-0.05, 0) is 30.5 Å². The molecule has 0 unspecified atom stereocenters. The van der Waals surface area contributed by atoms with Gasteiger partial charge in [0.15, 0.2) is 0 Å². The fourth-order valence-corrected chi connectivity index (χ4v) is 3.68. The predicted octanol–water partition coefficient (Wildman–Crippen LogP) is 2.57. The molecule has 1 N–H and O–H groups in total. The van der Waals surface area contributed by atoms with Gasteiger partial charge in [-0.2, -0.15) is 5.10 Å². The molecule has 1 amide bonds. The van der Waals surface area contributed by atoms with Crippen molar-refractivity contribution in [2.45, 2.75) is 25.4 Å². The molecule has 1 saturated heterocycles. The number of hydrogen-bond donors (Lipinski definition) is 1. The number of benzene rings is 2. The summed E-state index contributed by atoms with van der Waals surface area (Å²) in [5.74, 6) is -0.301. The fraction of sp³-hybridized carbons (Fsp3) is 0.286. The first-order valence-electron chi connectivity index (χ1n) is 9.81. The lowest BCUT2D eigenvalue weighted by molar-refractivity contribution is -0.384. The Labute approximate surface area is 173 Å². The van der Waals surface area contributed by atoms with Crippen molar-refractivity contribution in [3.05, 3.63) is 82.4 Å². The molecule has 2 heterocycles. The Kier molecular flexibility index (Phi) is 5.80. The lowest BCUT2D eigenvalue weighted by Crippen LogP contribution is -2.44. The molecular weight excluding hydrogens is 384 g/mol. The fourth-order valence-electron chi connectivity index (χ4n) is 3.68. The van der Waals surface area contributed by atoms with Crippen LogP contribution in [0.15, 0.2) is 61.2 Å². The topological polar surface area (TPSA) is 106 Å². The largest absolute Gasteiger partial charge is 0.349 e. The van der Waals surface area contributed by atoms with Gasteiger partial charge in [-0.1, -0.05) is 30.3 Å². The van der Waals surface area contributed by atoms with E-state index in [9.17, 15) is 14.9 Å². The zero-order valence-electron chi connectivity index (χ0n) is 16.3. The zero-order chi connectivity index (χ0) is 20.9. The number of nitrogens with one attached hydrogen (secondary N) is 1. The lowest BCUT2D eigenvalue weighted by Gasteiger charge is -2.32. The van der Waals surface area contributed by atoms with Crippen LogP contribution in [0, 0.1) is 10.1 Å². The van der Waals surface area contributed by atoms with Gasteiger partial charge in [0.2, 0.25) is 0 Å². The van der Waals surface area contributed by atoms with Crippen LogP contribution in [0.5, 0.6) is 0 Å². The maximum absolute atomic E-state index is 12.7. The normalized spacial score (nSPS) is 15.1. The first-order valence-corrected chi connectivity index (χ1v) is 9.81. The van der Waals surface area contributed by atoms with Gasteiger partial charge >= 0.3 is 0 Å². The Balaban J connectivity index is 1.37. The van der Waals surface area contributed by atoms with Crippen molar-refractivity contribution in [3.63, 3.8) is 0 Å². The van der Waals surface area contributed by atoms with Crippen LogP contribution in [-0.2, 0) is 6.54 Å². The molecule has 0 aliphatic carbocycles. The van der Waals surface area contributed by atoms with Crippen LogP contribution in [0.25, 0.3) is 5.69 Å². The van der Waals surface area contributed by atoms with E-state index in [2.05, 4.69) is 32.4 Å². The van der Waals surface area contributed by atoms with Crippen molar-refractivity contribution < 1.29 is 9.72 Å². The second kappa shape index (κ2) is 8.83. The molecule has 2 aromatic carbocycles. The number of carbonyl (C=O) groups excluding carboxylic acids is 1. The highest BCUT2D eigenvalue weighted by atomic mass is 16.6. The number of hydrogen-bond acceptors (Lipinski definition) is 6. The number of carbonyl (C=O) groups is 1. The standard InChI is InChI=1S/C21H22N6O3/c28-21(17-6-7-19(20(12-17)27(29)30)26-15-22-14-23-26)24-18-8-10-25(11-9-18)13-16-4-2-1-3-5-16/h1-7,12,14-15,18H,8-11,13H2,(H,24,28). The minimum atomic E-state index is -0.518. The monoisotopic (exact) mass is 406 g/mol. The van der Waals surface area contributed by atoms with Gasteiger partial charge in [-0.15, -0.1) is 0 Å². The number of likely N-dealkylation sites (tertiary alicyclic amines) is 1. The van der Waals surface area contributed by atoms with Crippen LogP contribution in [0.2, 0.25) is 0 Å². The van der Waals surface area contributed by atoms with E-state index in [0.717, 1.165) is 32.5 Å². The molecule has 1 fully saturated rings. The number of nitrogens with zero attached hydrogens (tertiary/aromatic N) is 5. The highest BCUT2D eigenvalue weighted by Crippen LogP contribution is 2.24. The number of rotatable bonds is 6. The van der Waals surface area contributed by atoms with Crippen molar-refractivity contribution in [1.29, 1.82) is 0 Å². The van der Waals surface area contributed by atoms with E-state index in [4.69, 9.17) is 0 Å². The number of aromatic nitrogens is 3. The molecule has 1 aliphatic heterocycles. The van der Waals surface area contributed by atoms with Crippen molar-refractivity contribution in [2.24, 2.45) is 0 Å². The summed E-state index contributed by atoms with van der Waals surface area (Å²) in [5, 5.41) is 18.4. The van der Waals surface area contributed by atoms with E-state index in [1.54, 1.807) is 6.07 Å². The average molecular weight is 406 g/mol. The van der Waals surface area contributed by atoms with Crippen LogP contribution < -0.4 is 5.32 Å². The first-order chi connectivity index (χ1) is 14.6. The first kappa shape index (κ1) is 19.7. The Morgan fingerprint density at radius 1 is 1.17 bits per heavy atom. The van der Waals surface area contributed by atoms with Gasteiger partial charge in [0.1, 0.15) is 18.3 Å². The molecule has 0 spiro atoms. The van der Waals surface area contributed by atoms with Crippen molar-refractivity contribution in [3.8, 4) is 5.69 Å². The molecule has 9 heteroatoms. The van der Waals surface area contributed by atoms with Gasteiger partial charge in [0.05, 0.1) is 4.92 Å². The van der Waals surface area contributed by atoms with Gasteiger partial charge in [0, 0.05) is 37.3 Å². The number of nitro benzene ring substituents is 1. The third kappa shape index (κ3) is 4.52.